The van der Waals surface area contributed by atoms with E-state index in [0.717, 1.165) is 12.8 Å². The van der Waals surface area contributed by atoms with E-state index in [1.165, 1.54) is 51.4 Å². The quantitative estimate of drug-likeness (QED) is 0.493. The van der Waals surface area contributed by atoms with Gasteiger partial charge in [-0.25, -0.2) is 0 Å². The summed E-state index contributed by atoms with van der Waals surface area (Å²) in [5.74, 6) is 0.932. The zero-order chi connectivity index (χ0) is 12.1. The van der Waals surface area contributed by atoms with Gasteiger partial charge in [-0.3, -0.25) is 4.79 Å². The molecule has 2 nitrogen and oxygen atoms in total. The molecule has 0 aromatic heterocycles. The third-order valence-electron chi connectivity index (χ3n) is 4.46. The van der Waals surface area contributed by atoms with Gasteiger partial charge in [-0.05, 0) is 25.7 Å². The minimum absolute atomic E-state index is 0.100. The summed E-state index contributed by atoms with van der Waals surface area (Å²) in [7, 11) is 0. The SMILES string of the molecule is CCCCCCCC[C@@H]1OC(=O)[C@H]2CCC[C@@H]12. The molecule has 0 radical (unpaired) electrons. The molecule has 0 spiro atoms. The van der Waals surface area contributed by atoms with Gasteiger partial charge in [0.25, 0.3) is 0 Å². The van der Waals surface area contributed by atoms with Crippen LogP contribution in [0.2, 0.25) is 0 Å². The average molecular weight is 238 g/mol. The first kappa shape index (κ1) is 12.9. The fraction of sp³-hybridized carbons (Fsp3) is 0.933. The predicted molar refractivity (Wildman–Crippen MR) is 68.7 cm³/mol. The second kappa shape index (κ2) is 6.42. The van der Waals surface area contributed by atoms with E-state index in [2.05, 4.69) is 6.92 Å². The summed E-state index contributed by atoms with van der Waals surface area (Å²) >= 11 is 0. The molecule has 2 rings (SSSR count). The molecule has 2 fully saturated rings. The summed E-state index contributed by atoms with van der Waals surface area (Å²) < 4.78 is 5.52. The Morgan fingerprint density at radius 2 is 1.88 bits per heavy atom. The van der Waals surface area contributed by atoms with E-state index in [1.54, 1.807) is 0 Å². The van der Waals surface area contributed by atoms with Gasteiger partial charge in [0.1, 0.15) is 6.10 Å². The van der Waals surface area contributed by atoms with Gasteiger partial charge in [0, 0.05) is 5.92 Å². The molecule has 0 N–H and O–H groups in total. The zero-order valence-electron chi connectivity index (χ0n) is 11.1. The Morgan fingerprint density at radius 1 is 1.12 bits per heavy atom. The zero-order valence-corrected chi connectivity index (χ0v) is 11.1. The van der Waals surface area contributed by atoms with Crippen molar-refractivity contribution in [3.8, 4) is 0 Å². The van der Waals surface area contributed by atoms with E-state index in [9.17, 15) is 4.79 Å². The molecule has 98 valence electrons. The van der Waals surface area contributed by atoms with Gasteiger partial charge in [0.2, 0.25) is 0 Å². The number of carbonyl (C=O) groups excluding carboxylic acids is 1. The van der Waals surface area contributed by atoms with Crippen LogP contribution in [0.25, 0.3) is 0 Å². The van der Waals surface area contributed by atoms with E-state index in [1.807, 2.05) is 0 Å². The number of rotatable bonds is 7. The summed E-state index contributed by atoms with van der Waals surface area (Å²) in [6.07, 6.45) is 12.9. The van der Waals surface area contributed by atoms with Crippen molar-refractivity contribution in [1.82, 2.24) is 0 Å². The van der Waals surface area contributed by atoms with Crippen LogP contribution >= 0.6 is 0 Å². The maximum Gasteiger partial charge on any atom is 0.309 e. The Hall–Kier alpha value is -0.530. The van der Waals surface area contributed by atoms with E-state index in [0.29, 0.717) is 5.92 Å². The number of fused-ring (bicyclic) bond motifs is 1. The molecule has 2 aliphatic rings. The molecule has 1 aliphatic carbocycles. The number of hydrogen-bond donors (Lipinski definition) is 0. The summed E-state index contributed by atoms with van der Waals surface area (Å²) in [6, 6.07) is 0. The molecule has 3 atom stereocenters. The smallest absolute Gasteiger partial charge is 0.309 e. The van der Waals surface area contributed by atoms with Gasteiger partial charge in [-0.2, -0.15) is 0 Å². The van der Waals surface area contributed by atoms with Crippen LogP contribution in [0, 0.1) is 11.8 Å². The number of hydrogen-bond acceptors (Lipinski definition) is 2. The molecule has 1 saturated heterocycles. The Kier molecular flexibility index (Phi) is 4.87. The second-order valence-corrected chi connectivity index (χ2v) is 5.73. The normalized spacial score (nSPS) is 31.6. The van der Waals surface area contributed by atoms with Crippen LogP contribution in [0.4, 0.5) is 0 Å². The highest BCUT2D eigenvalue weighted by molar-refractivity contribution is 5.75. The van der Waals surface area contributed by atoms with Gasteiger partial charge < -0.3 is 4.74 Å². The number of cyclic esters (lactones) is 1. The lowest BCUT2D eigenvalue weighted by molar-refractivity contribution is -0.144. The lowest BCUT2D eigenvalue weighted by atomic mass is 9.91. The monoisotopic (exact) mass is 238 g/mol. The van der Waals surface area contributed by atoms with Crippen molar-refractivity contribution in [3.63, 3.8) is 0 Å². The largest absolute Gasteiger partial charge is 0.462 e. The minimum Gasteiger partial charge on any atom is -0.462 e. The highest BCUT2D eigenvalue weighted by atomic mass is 16.6. The molecule has 0 bridgehead atoms. The van der Waals surface area contributed by atoms with Crippen molar-refractivity contribution < 1.29 is 9.53 Å². The lowest BCUT2D eigenvalue weighted by Crippen LogP contribution is -2.16. The fourth-order valence-corrected chi connectivity index (χ4v) is 3.45. The topological polar surface area (TPSA) is 26.3 Å². The van der Waals surface area contributed by atoms with Gasteiger partial charge in [0.05, 0.1) is 5.92 Å². The number of unbranched alkanes of at least 4 members (excludes halogenated alkanes) is 5. The number of ether oxygens (including phenoxy) is 1. The Morgan fingerprint density at radius 3 is 2.71 bits per heavy atom. The first-order chi connectivity index (χ1) is 8.33. The Labute approximate surface area is 105 Å². The highest BCUT2D eigenvalue weighted by Crippen LogP contribution is 2.42. The molecule has 0 unspecified atom stereocenters. The van der Waals surface area contributed by atoms with Crippen LogP contribution in [-0.2, 0) is 9.53 Å². The van der Waals surface area contributed by atoms with Gasteiger partial charge in [-0.15, -0.1) is 0 Å². The van der Waals surface area contributed by atoms with Crippen LogP contribution in [0.1, 0.15) is 71.1 Å². The highest BCUT2D eigenvalue weighted by Gasteiger charge is 2.46. The van der Waals surface area contributed by atoms with E-state index >= 15 is 0 Å². The molecule has 1 aliphatic heterocycles. The fourth-order valence-electron chi connectivity index (χ4n) is 3.45. The van der Waals surface area contributed by atoms with Crippen molar-refractivity contribution >= 4 is 5.97 Å². The van der Waals surface area contributed by atoms with Crippen molar-refractivity contribution in [1.29, 1.82) is 0 Å². The average Bonchev–Trinajstić information content (AvgIpc) is 2.89. The van der Waals surface area contributed by atoms with Crippen molar-refractivity contribution in [2.24, 2.45) is 11.8 Å². The predicted octanol–water partition coefficient (Wildman–Crippen LogP) is 4.08. The molecule has 17 heavy (non-hydrogen) atoms. The first-order valence-electron chi connectivity index (χ1n) is 7.53. The van der Waals surface area contributed by atoms with Gasteiger partial charge in [0.15, 0.2) is 0 Å². The molecular weight excluding hydrogens is 212 g/mol. The summed E-state index contributed by atoms with van der Waals surface area (Å²) in [5.41, 5.74) is 0. The van der Waals surface area contributed by atoms with Gasteiger partial charge >= 0.3 is 5.97 Å². The molecule has 1 saturated carbocycles. The van der Waals surface area contributed by atoms with E-state index in [-0.39, 0.29) is 18.0 Å². The van der Waals surface area contributed by atoms with Gasteiger partial charge in [-0.1, -0.05) is 45.4 Å². The minimum atomic E-state index is 0.100. The second-order valence-electron chi connectivity index (χ2n) is 5.73. The molecule has 0 aromatic rings. The maximum atomic E-state index is 11.6. The third kappa shape index (κ3) is 3.23. The summed E-state index contributed by atoms with van der Waals surface area (Å²) in [4.78, 5) is 11.6. The van der Waals surface area contributed by atoms with Crippen LogP contribution < -0.4 is 0 Å². The molecule has 2 heteroatoms. The number of esters is 1. The lowest BCUT2D eigenvalue weighted by Gasteiger charge is -2.15. The summed E-state index contributed by atoms with van der Waals surface area (Å²) in [6.45, 7) is 2.25. The van der Waals surface area contributed by atoms with E-state index in [4.69, 9.17) is 4.74 Å². The molecule has 1 heterocycles. The van der Waals surface area contributed by atoms with Crippen LogP contribution in [-0.4, -0.2) is 12.1 Å². The number of carbonyl (C=O) groups is 1. The van der Waals surface area contributed by atoms with Crippen molar-refractivity contribution in [2.45, 2.75) is 77.2 Å². The van der Waals surface area contributed by atoms with Crippen LogP contribution in [0.3, 0.4) is 0 Å². The molecule has 0 amide bonds. The standard InChI is InChI=1S/C15H26O2/c1-2-3-4-5-6-7-11-14-12-9-8-10-13(12)15(16)17-14/h12-14H,2-11H2,1H3/t12-,13+,14+/m1/s1. The van der Waals surface area contributed by atoms with Crippen LogP contribution in [0.5, 0.6) is 0 Å². The molecule has 0 aromatic carbocycles. The van der Waals surface area contributed by atoms with Crippen molar-refractivity contribution in [2.75, 3.05) is 0 Å². The van der Waals surface area contributed by atoms with Crippen molar-refractivity contribution in [3.05, 3.63) is 0 Å². The van der Waals surface area contributed by atoms with E-state index < -0.39 is 0 Å². The Balaban J connectivity index is 1.61. The summed E-state index contributed by atoms with van der Waals surface area (Å²) in [5, 5.41) is 0. The molecular formula is C15H26O2. The Bertz CT molecular complexity index is 249. The van der Waals surface area contributed by atoms with Crippen LogP contribution in [0.15, 0.2) is 0 Å². The maximum absolute atomic E-state index is 11.6. The third-order valence-corrected chi connectivity index (χ3v) is 4.46. The first-order valence-corrected chi connectivity index (χ1v) is 7.53.